The fourth-order valence-corrected chi connectivity index (χ4v) is 4.52. The molecule has 4 aromatic rings. The van der Waals surface area contributed by atoms with Crippen molar-refractivity contribution in [1.82, 2.24) is 19.7 Å². The van der Waals surface area contributed by atoms with Crippen molar-refractivity contribution in [2.24, 2.45) is 0 Å². The van der Waals surface area contributed by atoms with E-state index in [4.69, 9.17) is 0 Å². The van der Waals surface area contributed by atoms with Gasteiger partial charge in [-0.1, -0.05) is 60.7 Å². The third-order valence-corrected chi connectivity index (χ3v) is 6.56. The molecule has 1 heterocycles. The molecule has 0 N–H and O–H groups in total. The van der Waals surface area contributed by atoms with Crippen molar-refractivity contribution in [1.29, 1.82) is 0 Å². The molecule has 6 heteroatoms. The normalized spacial score (nSPS) is 12.8. The van der Waals surface area contributed by atoms with Crippen LogP contribution in [0.4, 0.5) is 0 Å². The second kappa shape index (κ2) is 9.62. The van der Waals surface area contributed by atoms with E-state index in [0.29, 0.717) is 0 Å². The number of benzene rings is 3. The molecule has 0 saturated heterocycles. The lowest BCUT2D eigenvalue weighted by atomic mass is 10.1. The summed E-state index contributed by atoms with van der Waals surface area (Å²) in [5.74, 6) is 0.0768. The van der Waals surface area contributed by atoms with Gasteiger partial charge in [0.25, 0.3) is 0 Å². The van der Waals surface area contributed by atoms with Gasteiger partial charge in [-0.15, -0.1) is 11.8 Å². The molecule has 0 saturated carbocycles. The third kappa shape index (κ3) is 4.86. The van der Waals surface area contributed by atoms with Gasteiger partial charge in [0.2, 0.25) is 5.91 Å². The van der Waals surface area contributed by atoms with E-state index in [1.54, 1.807) is 22.8 Å². The Hall–Kier alpha value is -3.38. The summed E-state index contributed by atoms with van der Waals surface area (Å²) in [6.07, 6.45) is 3.18. The topological polar surface area (TPSA) is 51.0 Å². The Labute approximate surface area is 186 Å². The van der Waals surface area contributed by atoms with E-state index >= 15 is 0 Å². The summed E-state index contributed by atoms with van der Waals surface area (Å²) in [6, 6.07) is 28.0. The standard InChI is InChI=1S/C25H24N4OS/c1-19(20-13-15-22(16-14-20)29-18-26-17-27-29)28(2)25(30)24(21-9-5-3-6-10-21)31-23-11-7-4-8-12-23/h3-19,24H,1-2H3/t19-,24+/m1/s1. The Kier molecular flexibility index (Phi) is 6.48. The maximum Gasteiger partial charge on any atom is 0.240 e. The molecule has 0 aliphatic heterocycles. The van der Waals surface area contributed by atoms with Crippen molar-refractivity contribution < 1.29 is 4.79 Å². The minimum atomic E-state index is -0.314. The molecule has 1 aromatic heterocycles. The highest BCUT2D eigenvalue weighted by Gasteiger charge is 2.28. The van der Waals surface area contributed by atoms with Crippen molar-refractivity contribution >= 4 is 17.7 Å². The maximum absolute atomic E-state index is 13.6. The molecule has 0 aliphatic carbocycles. The van der Waals surface area contributed by atoms with Gasteiger partial charge in [0.05, 0.1) is 11.7 Å². The molecular formula is C25H24N4OS. The van der Waals surface area contributed by atoms with Gasteiger partial charge in [-0.3, -0.25) is 4.79 Å². The van der Waals surface area contributed by atoms with Crippen LogP contribution in [-0.4, -0.2) is 32.6 Å². The Morgan fingerprint density at radius 3 is 2.16 bits per heavy atom. The molecule has 31 heavy (non-hydrogen) atoms. The summed E-state index contributed by atoms with van der Waals surface area (Å²) < 4.78 is 1.71. The van der Waals surface area contributed by atoms with E-state index in [1.807, 2.05) is 96.9 Å². The largest absolute Gasteiger partial charge is 0.338 e. The van der Waals surface area contributed by atoms with E-state index < -0.39 is 0 Å². The molecule has 156 valence electrons. The number of aromatic nitrogens is 3. The van der Waals surface area contributed by atoms with E-state index in [1.165, 1.54) is 6.33 Å². The molecule has 0 fully saturated rings. The van der Waals surface area contributed by atoms with Gasteiger partial charge in [0.1, 0.15) is 17.9 Å². The predicted octanol–water partition coefficient (Wildman–Crippen LogP) is 5.32. The second-order valence-corrected chi connectivity index (χ2v) is 8.46. The van der Waals surface area contributed by atoms with Gasteiger partial charge in [-0.2, -0.15) is 5.10 Å². The maximum atomic E-state index is 13.6. The van der Waals surface area contributed by atoms with Gasteiger partial charge < -0.3 is 4.90 Å². The first-order chi connectivity index (χ1) is 15.1. The Balaban J connectivity index is 1.55. The summed E-state index contributed by atoms with van der Waals surface area (Å²) in [5.41, 5.74) is 3.00. The van der Waals surface area contributed by atoms with E-state index in [9.17, 15) is 4.79 Å². The quantitative estimate of drug-likeness (QED) is 0.374. The third-order valence-electron chi connectivity index (χ3n) is 5.31. The summed E-state index contributed by atoms with van der Waals surface area (Å²) in [4.78, 5) is 20.5. The zero-order chi connectivity index (χ0) is 21.6. The first-order valence-corrected chi connectivity index (χ1v) is 11.0. The number of hydrogen-bond acceptors (Lipinski definition) is 4. The van der Waals surface area contributed by atoms with Gasteiger partial charge in [0, 0.05) is 11.9 Å². The van der Waals surface area contributed by atoms with Crippen LogP contribution in [0.3, 0.4) is 0 Å². The van der Waals surface area contributed by atoms with Crippen LogP contribution < -0.4 is 0 Å². The molecule has 0 radical (unpaired) electrons. The van der Waals surface area contributed by atoms with Crippen LogP contribution in [0.15, 0.2) is 102 Å². The number of amides is 1. The fourth-order valence-electron chi connectivity index (χ4n) is 3.37. The Morgan fingerprint density at radius 1 is 0.903 bits per heavy atom. The monoisotopic (exact) mass is 428 g/mol. The van der Waals surface area contributed by atoms with Crippen LogP contribution in [0, 0.1) is 0 Å². The van der Waals surface area contributed by atoms with Crippen molar-refractivity contribution in [3.63, 3.8) is 0 Å². The average molecular weight is 429 g/mol. The fraction of sp³-hybridized carbons (Fsp3) is 0.160. The molecule has 0 unspecified atom stereocenters. The number of nitrogens with zero attached hydrogens (tertiary/aromatic N) is 4. The molecule has 0 bridgehead atoms. The minimum absolute atomic E-state index is 0.0696. The van der Waals surface area contributed by atoms with Crippen LogP contribution in [0.25, 0.3) is 5.69 Å². The summed E-state index contributed by atoms with van der Waals surface area (Å²) in [6.45, 7) is 2.05. The zero-order valence-electron chi connectivity index (χ0n) is 17.5. The smallest absolute Gasteiger partial charge is 0.240 e. The van der Waals surface area contributed by atoms with Crippen molar-refractivity contribution in [3.8, 4) is 5.69 Å². The second-order valence-electron chi connectivity index (χ2n) is 7.28. The number of hydrogen-bond donors (Lipinski definition) is 0. The Morgan fingerprint density at radius 2 is 1.55 bits per heavy atom. The molecule has 3 aromatic carbocycles. The van der Waals surface area contributed by atoms with Crippen LogP contribution in [0.1, 0.15) is 29.3 Å². The highest BCUT2D eigenvalue weighted by molar-refractivity contribution is 8.00. The lowest BCUT2D eigenvalue weighted by Crippen LogP contribution is -2.33. The molecule has 1 amide bonds. The number of rotatable bonds is 7. The predicted molar refractivity (Wildman–Crippen MR) is 124 cm³/mol. The first-order valence-electron chi connectivity index (χ1n) is 10.1. The lowest BCUT2D eigenvalue weighted by Gasteiger charge is -2.29. The van der Waals surface area contributed by atoms with Crippen molar-refractivity contribution in [3.05, 3.63) is 109 Å². The number of carbonyl (C=O) groups excluding carboxylic acids is 1. The van der Waals surface area contributed by atoms with Crippen LogP contribution in [0.2, 0.25) is 0 Å². The van der Waals surface area contributed by atoms with Gasteiger partial charge in [-0.05, 0) is 42.3 Å². The molecule has 0 aliphatic rings. The highest BCUT2D eigenvalue weighted by Crippen LogP contribution is 2.38. The van der Waals surface area contributed by atoms with Crippen LogP contribution in [0.5, 0.6) is 0 Å². The molecule has 4 rings (SSSR count). The summed E-state index contributed by atoms with van der Waals surface area (Å²) >= 11 is 1.58. The first kappa shape index (κ1) is 20.9. The molecule has 2 atom stereocenters. The van der Waals surface area contributed by atoms with Crippen molar-refractivity contribution in [2.45, 2.75) is 23.1 Å². The number of carbonyl (C=O) groups is 1. The van der Waals surface area contributed by atoms with E-state index in [-0.39, 0.29) is 17.2 Å². The highest BCUT2D eigenvalue weighted by atomic mass is 32.2. The lowest BCUT2D eigenvalue weighted by molar-refractivity contribution is -0.131. The van der Waals surface area contributed by atoms with Gasteiger partial charge in [-0.25, -0.2) is 9.67 Å². The van der Waals surface area contributed by atoms with Crippen LogP contribution >= 0.6 is 11.8 Å². The molecule has 0 spiro atoms. The molecular weight excluding hydrogens is 404 g/mol. The number of likely N-dealkylation sites (N-methyl/N-ethyl adjacent to an activating group) is 1. The van der Waals surface area contributed by atoms with Gasteiger partial charge in [0.15, 0.2) is 0 Å². The minimum Gasteiger partial charge on any atom is -0.338 e. The average Bonchev–Trinajstić information content (AvgIpc) is 3.37. The Bertz CT molecular complexity index is 1100. The van der Waals surface area contributed by atoms with Crippen LogP contribution in [-0.2, 0) is 4.79 Å². The molecule has 5 nitrogen and oxygen atoms in total. The van der Waals surface area contributed by atoms with E-state index in [0.717, 1.165) is 21.7 Å². The number of thioether (sulfide) groups is 1. The SMILES string of the molecule is C[C@H](c1ccc(-n2cncn2)cc1)N(C)C(=O)[C@@H](Sc1ccccc1)c1ccccc1. The zero-order valence-corrected chi connectivity index (χ0v) is 18.3. The van der Waals surface area contributed by atoms with Gasteiger partial charge >= 0.3 is 0 Å². The van der Waals surface area contributed by atoms with E-state index in [2.05, 4.69) is 17.0 Å². The van der Waals surface area contributed by atoms with Crippen molar-refractivity contribution in [2.75, 3.05) is 7.05 Å². The summed E-state index contributed by atoms with van der Waals surface area (Å²) in [7, 11) is 1.87. The summed E-state index contributed by atoms with van der Waals surface area (Å²) in [5, 5.41) is 3.84.